The summed E-state index contributed by atoms with van der Waals surface area (Å²) in [6.07, 6.45) is 2.83. The number of fused-ring (bicyclic) bond motifs is 2. The molecule has 10 nitrogen and oxygen atoms in total. The number of aryl methyl sites for hydroxylation is 5. The highest BCUT2D eigenvalue weighted by molar-refractivity contribution is 6.35. The first-order chi connectivity index (χ1) is 25.2. The van der Waals surface area contributed by atoms with Crippen molar-refractivity contribution < 1.29 is 33.7 Å². The minimum Gasteiger partial charge on any atom is -0.493 e. The Morgan fingerprint density at radius 1 is 1.04 bits per heavy atom. The number of amides is 1. The maximum absolute atomic E-state index is 13.9. The number of aromatic carboxylic acids is 1. The molecule has 0 atom stereocenters. The van der Waals surface area contributed by atoms with E-state index >= 15 is 0 Å². The Balaban J connectivity index is 1.58. The van der Waals surface area contributed by atoms with E-state index in [1.807, 2.05) is 63.5 Å². The number of aliphatic hydroxyl groups excluding tert-OH is 1. The number of rotatable bonds is 15. The summed E-state index contributed by atoms with van der Waals surface area (Å²) in [5.41, 5.74) is 4.53. The molecule has 0 aliphatic rings. The fourth-order valence-corrected chi connectivity index (χ4v) is 7.40. The molecular weight excluding hydrogens is 699 g/mol. The lowest BCUT2D eigenvalue weighted by Crippen LogP contribution is -2.34. The van der Waals surface area contributed by atoms with Crippen LogP contribution in [0.5, 0.6) is 5.75 Å². The summed E-state index contributed by atoms with van der Waals surface area (Å²) in [7, 11) is 3.47. The first-order valence-corrected chi connectivity index (χ1v) is 18.6. The van der Waals surface area contributed by atoms with E-state index in [0.717, 1.165) is 27.4 Å². The number of unbranched alkanes of at least 4 members (excludes halogenated alkanes) is 1. The highest BCUT2D eigenvalue weighted by atomic mass is 35.5. The highest BCUT2D eigenvalue weighted by Gasteiger charge is 2.30. The molecule has 53 heavy (non-hydrogen) atoms. The number of carbonyl (C=O) groups excluding carboxylic acids is 1. The Morgan fingerprint density at radius 2 is 1.79 bits per heavy atom. The summed E-state index contributed by atoms with van der Waals surface area (Å²) in [6, 6.07) is 12.0. The molecule has 0 aliphatic carbocycles. The lowest BCUT2D eigenvalue weighted by atomic mass is 9.93. The molecule has 0 fully saturated rings. The van der Waals surface area contributed by atoms with E-state index in [0.29, 0.717) is 96.9 Å². The second-order valence-corrected chi connectivity index (χ2v) is 14.7. The van der Waals surface area contributed by atoms with Crippen molar-refractivity contribution in [3.63, 3.8) is 0 Å². The van der Waals surface area contributed by atoms with Gasteiger partial charge >= 0.3 is 12.1 Å². The third-order valence-corrected chi connectivity index (χ3v) is 9.78. The Morgan fingerprint density at radius 3 is 2.45 bits per heavy atom. The minimum atomic E-state index is -1.06. The number of hydrogen-bond acceptors (Lipinski definition) is 6. The molecule has 1 amide bonds. The van der Waals surface area contributed by atoms with E-state index in [2.05, 4.69) is 0 Å². The summed E-state index contributed by atoms with van der Waals surface area (Å²) in [4.78, 5) is 27.5. The Kier molecular flexibility index (Phi) is 12.4. The van der Waals surface area contributed by atoms with Crippen LogP contribution in [0, 0.1) is 5.82 Å². The molecular formula is C41H50ClFN4O6. The lowest BCUT2D eigenvalue weighted by Gasteiger charge is -2.24. The first-order valence-electron chi connectivity index (χ1n) is 18.2. The first kappa shape index (κ1) is 39.6. The monoisotopic (exact) mass is 748 g/mol. The molecule has 3 aromatic carbocycles. The fourth-order valence-electron chi connectivity index (χ4n) is 7.08. The summed E-state index contributed by atoms with van der Waals surface area (Å²) < 4.78 is 29.1. The Labute approximate surface area is 315 Å². The lowest BCUT2D eigenvalue weighted by molar-refractivity contribution is 0.0296. The van der Waals surface area contributed by atoms with Crippen LogP contribution in [0.1, 0.15) is 86.9 Å². The minimum absolute atomic E-state index is 0.173. The van der Waals surface area contributed by atoms with Gasteiger partial charge in [-0.05, 0) is 106 Å². The van der Waals surface area contributed by atoms with Gasteiger partial charge in [0.25, 0.3) is 0 Å². The van der Waals surface area contributed by atoms with Gasteiger partial charge in [-0.25, -0.2) is 14.0 Å². The van der Waals surface area contributed by atoms with Gasteiger partial charge in [0.2, 0.25) is 0 Å². The molecule has 284 valence electrons. The van der Waals surface area contributed by atoms with Crippen molar-refractivity contribution in [3.05, 3.63) is 81.5 Å². The van der Waals surface area contributed by atoms with Gasteiger partial charge in [-0.1, -0.05) is 37.6 Å². The van der Waals surface area contributed by atoms with E-state index in [1.54, 1.807) is 24.8 Å². The number of aromatic nitrogens is 3. The van der Waals surface area contributed by atoms with Gasteiger partial charge in [-0.15, -0.1) is 0 Å². The molecule has 12 heteroatoms. The molecule has 0 spiro atoms. The number of nitrogens with zero attached hydrogens (tertiary/aromatic N) is 4. The van der Waals surface area contributed by atoms with Crippen molar-refractivity contribution in [3.8, 4) is 16.9 Å². The maximum atomic E-state index is 13.9. The van der Waals surface area contributed by atoms with Crippen LogP contribution in [0.15, 0.2) is 42.5 Å². The average molecular weight is 749 g/mol. The van der Waals surface area contributed by atoms with Crippen molar-refractivity contribution >= 4 is 45.3 Å². The Hall–Kier alpha value is -4.61. The molecule has 0 bridgehead atoms. The smallest absolute Gasteiger partial charge is 0.410 e. The zero-order valence-electron chi connectivity index (χ0n) is 31.7. The molecule has 5 rings (SSSR count). The van der Waals surface area contributed by atoms with Crippen molar-refractivity contribution in [1.82, 2.24) is 19.2 Å². The SMILES string of the molecule is CCc1nn(C)c(CO)c1-c1c(Cl)cc(CC)c2c(CCCOc3cccc4cc(F)ccc34)c(C(=O)O)n(CCCCN(C)C(=O)OC(C)(C)C)c12. The number of carbonyl (C=O) groups is 2. The number of carboxylic acids is 1. The second kappa shape index (κ2) is 16.6. The number of halogens is 2. The van der Waals surface area contributed by atoms with Gasteiger partial charge in [0.05, 0.1) is 35.1 Å². The van der Waals surface area contributed by atoms with Crippen molar-refractivity contribution in [2.75, 3.05) is 20.2 Å². The fraction of sp³-hybridized carbons (Fsp3) is 0.439. The van der Waals surface area contributed by atoms with E-state index in [1.165, 1.54) is 17.0 Å². The maximum Gasteiger partial charge on any atom is 0.410 e. The van der Waals surface area contributed by atoms with Gasteiger partial charge in [0.15, 0.2) is 0 Å². The number of ether oxygens (including phenoxy) is 2. The van der Waals surface area contributed by atoms with Gasteiger partial charge in [0, 0.05) is 49.1 Å². The molecule has 2 heterocycles. The summed E-state index contributed by atoms with van der Waals surface area (Å²) >= 11 is 7.16. The summed E-state index contributed by atoms with van der Waals surface area (Å²) in [6.45, 7) is 10.3. The van der Waals surface area contributed by atoms with Gasteiger partial charge in [0.1, 0.15) is 22.9 Å². The van der Waals surface area contributed by atoms with Crippen LogP contribution in [-0.4, -0.2) is 67.3 Å². The molecule has 0 radical (unpaired) electrons. The summed E-state index contributed by atoms with van der Waals surface area (Å²) in [5.74, 6) is -0.757. The van der Waals surface area contributed by atoms with E-state index in [4.69, 9.17) is 26.2 Å². The zero-order chi connectivity index (χ0) is 38.6. The van der Waals surface area contributed by atoms with Crippen LogP contribution >= 0.6 is 11.6 Å². The van der Waals surface area contributed by atoms with Crippen LogP contribution in [0.4, 0.5) is 9.18 Å². The van der Waals surface area contributed by atoms with Crippen LogP contribution in [0.2, 0.25) is 5.02 Å². The highest BCUT2D eigenvalue weighted by Crippen LogP contribution is 2.44. The van der Waals surface area contributed by atoms with Crippen LogP contribution in [-0.2, 0) is 44.2 Å². The zero-order valence-corrected chi connectivity index (χ0v) is 32.4. The molecule has 2 N–H and O–H groups in total. The normalized spacial score (nSPS) is 11.8. The van der Waals surface area contributed by atoms with E-state index in [-0.39, 0.29) is 18.1 Å². The van der Waals surface area contributed by atoms with Gasteiger partial charge in [-0.2, -0.15) is 5.10 Å². The molecule has 0 aliphatic heterocycles. The molecule has 0 unspecified atom stereocenters. The number of aliphatic hydroxyl groups is 1. The number of carboxylic acid groups (broad SMARTS) is 1. The summed E-state index contributed by atoms with van der Waals surface area (Å²) in [5, 5.41) is 28.9. The predicted molar refractivity (Wildman–Crippen MR) is 207 cm³/mol. The topological polar surface area (TPSA) is 119 Å². The third-order valence-electron chi connectivity index (χ3n) is 9.48. The quantitative estimate of drug-likeness (QED) is 0.103. The van der Waals surface area contributed by atoms with Gasteiger partial charge < -0.3 is 29.2 Å². The van der Waals surface area contributed by atoms with E-state index in [9.17, 15) is 24.2 Å². The Bertz CT molecular complexity index is 2130. The van der Waals surface area contributed by atoms with Crippen molar-refractivity contribution in [2.45, 2.75) is 91.9 Å². The average Bonchev–Trinajstić information content (AvgIpc) is 3.60. The number of hydrogen-bond donors (Lipinski definition) is 2. The van der Waals surface area contributed by atoms with Crippen LogP contribution in [0.3, 0.4) is 0 Å². The van der Waals surface area contributed by atoms with Crippen molar-refractivity contribution in [1.29, 1.82) is 0 Å². The molecule has 2 aromatic heterocycles. The number of benzene rings is 3. The largest absolute Gasteiger partial charge is 0.493 e. The van der Waals surface area contributed by atoms with Gasteiger partial charge in [-0.3, -0.25) is 4.68 Å². The molecule has 0 saturated carbocycles. The standard InChI is InChI=1S/C41H50ClFN4O6/c1-8-25-23-30(42)35(36-31(9-2)44-46(7)32(36)24-48)38-34(25)29(15-13-21-52-33-16-12-14-26-22-27(43)17-18-28(26)33)37(39(49)50)47(38)20-11-10-19-45(6)40(51)53-41(3,4)5/h12,14,16-18,22-23,48H,8-11,13,15,19-21,24H2,1-7H3,(H,49,50). The second-order valence-electron chi connectivity index (χ2n) is 14.3. The predicted octanol–water partition coefficient (Wildman–Crippen LogP) is 8.96. The van der Waals surface area contributed by atoms with Crippen LogP contribution in [0.25, 0.3) is 32.8 Å². The molecule has 0 saturated heterocycles. The third kappa shape index (κ3) is 8.47. The van der Waals surface area contributed by atoms with Crippen molar-refractivity contribution in [2.24, 2.45) is 7.05 Å². The molecule has 5 aromatic rings. The van der Waals surface area contributed by atoms with E-state index < -0.39 is 17.7 Å². The van der Waals surface area contributed by atoms with Crippen LogP contribution < -0.4 is 4.74 Å².